The third kappa shape index (κ3) is 4.77. The van der Waals surface area contributed by atoms with Gasteiger partial charge in [-0.1, -0.05) is 32.0 Å². The van der Waals surface area contributed by atoms with Crippen molar-refractivity contribution in [2.24, 2.45) is 0 Å². The molecule has 1 N–H and O–H groups in total. The third-order valence-electron chi connectivity index (χ3n) is 5.65. The molecule has 1 atom stereocenters. The maximum Gasteiger partial charge on any atom is 0.295 e. The van der Waals surface area contributed by atoms with E-state index in [1.165, 1.54) is 7.11 Å². The molecule has 1 aromatic heterocycles. The number of methoxy groups -OCH3 is 1. The lowest BCUT2D eigenvalue weighted by molar-refractivity contribution is -0.140. The summed E-state index contributed by atoms with van der Waals surface area (Å²) < 4.78 is 5.23. The van der Waals surface area contributed by atoms with Crippen molar-refractivity contribution in [3.05, 3.63) is 65.5 Å². The Labute approximate surface area is 183 Å². The topological polar surface area (TPSA) is 83.0 Å². The van der Waals surface area contributed by atoms with Crippen LogP contribution in [0.5, 0.6) is 5.75 Å². The van der Waals surface area contributed by atoms with Gasteiger partial charge in [0.15, 0.2) is 0 Å². The number of likely N-dealkylation sites (tertiary alicyclic amines) is 1. The van der Waals surface area contributed by atoms with Crippen molar-refractivity contribution in [3.8, 4) is 5.75 Å². The number of hydrogen-bond donors (Lipinski definition) is 1. The minimum absolute atomic E-state index is 0.0779. The Bertz CT molecular complexity index is 954. The average Bonchev–Trinajstić information content (AvgIpc) is 3.07. The minimum atomic E-state index is -0.684. The first-order chi connectivity index (χ1) is 15.0. The molecule has 1 saturated heterocycles. The van der Waals surface area contributed by atoms with Crippen molar-refractivity contribution in [2.75, 3.05) is 33.3 Å². The molecule has 7 nitrogen and oxygen atoms in total. The molecule has 1 aromatic carbocycles. The number of hydrogen-bond acceptors (Lipinski definition) is 6. The second-order valence-electron chi connectivity index (χ2n) is 7.39. The van der Waals surface area contributed by atoms with E-state index in [-0.39, 0.29) is 11.3 Å². The fourth-order valence-electron chi connectivity index (χ4n) is 3.93. The van der Waals surface area contributed by atoms with E-state index in [0.29, 0.717) is 23.4 Å². The zero-order valence-corrected chi connectivity index (χ0v) is 18.2. The quantitative estimate of drug-likeness (QED) is 0.379. The van der Waals surface area contributed by atoms with Gasteiger partial charge in [-0.2, -0.15) is 0 Å². The molecule has 0 saturated carbocycles. The monoisotopic (exact) mass is 423 g/mol. The van der Waals surface area contributed by atoms with Gasteiger partial charge in [-0.3, -0.25) is 14.6 Å². The Kier molecular flexibility index (Phi) is 7.41. The van der Waals surface area contributed by atoms with Gasteiger partial charge >= 0.3 is 0 Å². The molecule has 1 aliphatic rings. The number of rotatable bonds is 9. The number of benzene rings is 1. The molecule has 2 heterocycles. The van der Waals surface area contributed by atoms with Crippen LogP contribution in [0.1, 0.15) is 37.4 Å². The van der Waals surface area contributed by atoms with E-state index in [4.69, 9.17) is 4.74 Å². The molecule has 7 heteroatoms. The van der Waals surface area contributed by atoms with E-state index < -0.39 is 17.7 Å². The van der Waals surface area contributed by atoms with Crippen LogP contribution in [0.15, 0.2) is 54.4 Å². The first-order valence-corrected chi connectivity index (χ1v) is 10.6. The highest BCUT2D eigenvalue weighted by Gasteiger charge is 2.45. The number of carbonyl (C=O) groups excluding carboxylic acids is 2. The zero-order chi connectivity index (χ0) is 22.4. The maximum absolute atomic E-state index is 13.0. The van der Waals surface area contributed by atoms with E-state index in [1.54, 1.807) is 47.6 Å². The summed E-state index contributed by atoms with van der Waals surface area (Å²) in [6.07, 6.45) is 4.00. The van der Waals surface area contributed by atoms with Crippen LogP contribution >= 0.6 is 0 Å². The third-order valence-corrected chi connectivity index (χ3v) is 5.65. The van der Waals surface area contributed by atoms with Crippen LogP contribution in [0, 0.1) is 0 Å². The molecule has 2 aromatic rings. The van der Waals surface area contributed by atoms with Crippen LogP contribution in [0.3, 0.4) is 0 Å². The Morgan fingerprint density at radius 2 is 1.97 bits per heavy atom. The van der Waals surface area contributed by atoms with Crippen molar-refractivity contribution in [3.63, 3.8) is 0 Å². The van der Waals surface area contributed by atoms with Crippen molar-refractivity contribution in [2.45, 2.75) is 26.3 Å². The zero-order valence-electron chi connectivity index (χ0n) is 18.2. The molecule has 1 amide bonds. The molecule has 0 spiro atoms. The lowest BCUT2D eigenvalue weighted by atomic mass is 9.96. The van der Waals surface area contributed by atoms with Crippen molar-refractivity contribution in [1.82, 2.24) is 14.8 Å². The number of aliphatic hydroxyl groups excluding tert-OH is 1. The van der Waals surface area contributed by atoms with Gasteiger partial charge in [-0.05, 0) is 49.8 Å². The SMILES string of the molecule is CCN(CC)CCCN1C(=O)C(=O)C(=C(O)c2cccc(OC)c2)C1c1cccnc1. The summed E-state index contributed by atoms with van der Waals surface area (Å²) in [6.45, 7) is 7.29. The summed E-state index contributed by atoms with van der Waals surface area (Å²) in [5.41, 5.74) is 1.19. The van der Waals surface area contributed by atoms with Gasteiger partial charge in [0.25, 0.3) is 11.7 Å². The normalized spacial score (nSPS) is 18.1. The fourth-order valence-corrected chi connectivity index (χ4v) is 3.93. The molecular weight excluding hydrogens is 394 g/mol. The predicted octanol–water partition coefficient (Wildman–Crippen LogP) is 3.24. The number of aliphatic hydroxyl groups is 1. The van der Waals surface area contributed by atoms with E-state index in [0.717, 1.165) is 26.1 Å². The number of ketones is 1. The lowest BCUT2D eigenvalue weighted by Crippen LogP contribution is -2.33. The van der Waals surface area contributed by atoms with Gasteiger partial charge in [0.05, 0.1) is 18.7 Å². The van der Waals surface area contributed by atoms with Gasteiger partial charge < -0.3 is 19.6 Å². The molecule has 0 bridgehead atoms. The smallest absolute Gasteiger partial charge is 0.295 e. The van der Waals surface area contributed by atoms with Crippen molar-refractivity contribution in [1.29, 1.82) is 0 Å². The van der Waals surface area contributed by atoms with Crippen LogP contribution in [0.4, 0.5) is 0 Å². The number of nitrogens with zero attached hydrogens (tertiary/aromatic N) is 3. The van der Waals surface area contributed by atoms with E-state index in [9.17, 15) is 14.7 Å². The summed E-state index contributed by atoms with van der Waals surface area (Å²) in [5.74, 6) is -0.942. The molecule has 164 valence electrons. The van der Waals surface area contributed by atoms with Gasteiger partial charge in [-0.25, -0.2) is 0 Å². The predicted molar refractivity (Wildman–Crippen MR) is 119 cm³/mol. The Balaban J connectivity index is 2.01. The van der Waals surface area contributed by atoms with Gasteiger partial charge in [0.2, 0.25) is 0 Å². The van der Waals surface area contributed by atoms with Crippen LogP contribution in [-0.4, -0.2) is 64.9 Å². The molecule has 0 aliphatic carbocycles. The fraction of sp³-hybridized carbons (Fsp3) is 0.375. The number of amides is 1. The number of ether oxygens (including phenoxy) is 1. The summed E-state index contributed by atoms with van der Waals surface area (Å²) in [4.78, 5) is 33.9. The number of Topliss-reactive ketones (excluding diaryl/α,β-unsaturated/α-hetero) is 1. The highest BCUT2D eigenvalue weighted by Crippen LogP contribution is 2.39. The van der Waals surface area contributed by atoms with Crippen LogP contribution < -0.4 is 4.74 Å². The molecule has 1 aliphatic heterocycles. The second kappa shape index (κ2) is 10.2. The highest BCUT2D eigenvalue weighted by molar-refractivity contribution is 6.46. The number of pyridine rings is 1. The van der Waals surface area contributed by atoms with Crippen LogP contribution in [0.25, 0.3) is 5.76 Å². The molecule has 1 unspecified atom stereocenters. The first-order valence-electron chi connectivity index (χ1n) is 10.6. The standard InChI is InChI=1S/C24H29N3O4/c1-4-26(5-2)13-8-14-27-21(18-10-7-12-25-16-18)20(23(29)24(27)30)22(28)17-9-6-11-19(15-17)31-3/h6-7,9-12,15-16,21,28H,4-5,8,13-14H2,1-3H3. The van der Waals surface area contributed by atoms with Crippen molar-refractivity contribution >= 4 is 17.4 Å². The molecule has 1 fully saturated rings. The molecular formula is C24H29N3O4. The Morgan fingerprint density at radius 1 is 1.19 bits per heavy atom. The molecule has 31 heavy (non-hydrogen) atoms. The van der Waals surface area contributed by atoms with Crippen LogP contribution in [0.2, 0.25) is 0 Å². The maximum atomic E-state index is 13.0. The largest absolute Gasteiger partial charge is 0.507 e. The number of carbonyl (C=O) groups is 2. The summed E-state index contributed by atoms with van der Waals surface area (Å²) >= 11 is 0. The molecule has 0 radical (unpaired) electrons. The minimum Gasteiger partial charge on any atom is -0.507 e. The van der Waals surface area contributed by atoms with E-state index in [2.05, 4.69) is 23.7 Å². The highest BCUT2D eigenvalue weighted by atomic mass is 16.5. The van der Waals surface area contributed by atoms with Gasteiger partial charge in [-0.15, -0.1) is 0 Å². The van der Waals surface area contributed by atoms with E-state index >= 15 is 0 Å². The van der Waals surface area contributed by atoms with Crippen LogP contribution in [-0.2, 0) is 9.59 Å². The first kappa shape index (κ1) is 22.5. The number of aromatic nitrogens is 1. The Morgan fingerprint density at radius 3 is 2.61 bits per heavy atom. The second-order valence-corrected chi connectivity index (χ2v) is 7.39. The summed E-state index contributed by atoms with van der Waals surface area (Å²) in [5, 5.41) is 11.1. The Hall–Kier alpha value is -3.19. The van der Waals surface area contributed by atoms with Gasteiger partial charge in [0.1, 0.15) is 11.5 Å². The van der Waals surface area contributed by atoms with Crippen molar-refractivity contribution < 1.29 is 19.4 Å². The molecule has 3 rings (SSSR count). The summed E-state index contributed by atoms with van der Waals surface area (Å²) in [6, 6.07) is 9.71. The van der Waals surface area contributed by atoms with Gasteiger partial charge in [0, 0.05) is 24.5 Å². The van der Waals surface area contributed by atoms with E-state index in [1.807, 2.05) is 6.07 Å². The summed E-state index contributed by atoms with van der Waals surface area (Å²) in [7, 11) is 1.53. The average molecular weight is 424 g/mol. The lowest BCUT2D eigenvalue weighted by Gasteiger charge is -2.26.